The molecule has 1 aliphatic rings. The molecule has 1 aliphatic heterocycles. The minimum Gasteiger partial charge on any atom is -0.334 e. The maximum atomic E-state index is 12.1. The van der Waals surface area contributed by atoms with Gasteiger partial charge in [0.05, 0.1) is 0 Å². The number of hydrogen-bond acceptors (Lipinski definition) is 2. The van der Waals surface area contributed by atoms with E-state index in [1.165, 1.54) is 6.42 Å². The van der Waals surface area contributed by atoms with Crippen LogP contribution in [0.25, 0.3) is 0 Å². The van der Waals surface area contributed by atoms with Gasteiger partial charge in [0.1, 0.15) is 0 Å². The first-order valence-electron chi connectivity index (χ1n) is 7.51. The molecule has 0 saturated carbocycles. The first-order chi connectivity index (χ1) is 9.79. The molecule has 2 N–H and O–H groups in total. The smallest absolute Gasteiger partial charge is 0.317 e. The average molecular weight is 275 g/mol. The maximum Gasteiger partial charge on any atom is 0.317 e. The molecule has 1 saturated heterocycles. The van der Waals surface area contributed by atoms with Crippen LogP contribution in [0.5, 0.6) is 0 Å². The third-order valence-corrected chi connectivity index (χ3v) is 3.99. The molecule has 0 aliphatic carbocycles. The van der Waals surface area contributed by atoms with E-state index in [9.17, 15) is 4.79 Å². The average Bonchev–Trinajstić information content (AvgIpc) is 2.52. The van der Waals surface area contributed by atoms with Crippen LogP contribution < -0.4 is 10.6 Å². The third-order valence-electron chi connectivity index (χ3n) is 3.99. The molecule has 0 spiro atoms. The first kappa shape index (κ1) is 14.9. The van der Waals surface area contributed by atoms with Crippen molar-refractivity contribution in [1.82, 2.24) is 15.5 Å². The van der Waals surface area contributed by atoms with E-state index in [0.717, 1.165) is 44.0 Å². The van der Waals surface area contributed by atoms with Gasteiger partial charge in [0.25, 0.3) is 0 Å². The van der Waals surface area contributed by atoms with Gasteiger partial charge in [0.2, 0.25) is 0 Å². The van der Waals surface area contributed by atoms with Crippen LogP contribution in [0.2, 0.25) is 0 Å². The number of nitrogens with one attached hydrogen (secondary N) is 2. The second-order valence-corrected chi connectivity index (χ2v) is 5.47. The van der Waals surface area contributed by atoms with E-state index in [1.54, 1.807) is 0 Å². The predicted molar refractivity (Wildman–Crippen MR) is 81.5 cm³/mol. The number of nitrogens with zero attached hydrogens (tertiary/aromatic N) is 1. The van der Waals surface area contributed by atoms with E-state index in [-0.39, 0.29) is 6.03 Å². The zero-order chi connectivity index (χ0) is 14.2. The summed E-state index contributed by atoms with van der Waals surface area (Å²) in [6, 6.07) is 10.1. The van der Waals surface area contributed by atoms with Crippen molar-refractivity contribution in [1.29, 1.82) is 0 Å². The number of carbonyl (C=O) groups excluding carboxylic acids is 1. The van der Waals surface area contributed by atoms with E-state index < -0.39 is 0 Å². The van der Waals surface area contributed by atoms with Gasteiger partial charge in [0.15, 0.2) is 0 Å². The highest BCUT2D eigenvalue weighted by atomic mass is 16.2. The Hall–Kier alpha value is -1.55. The lowest BCUT2D eigenvalue weighted by Crippen LogP contribution is -2.44. The highest BCUT2D eigenvalue weighted by molar-refractivity contribution is 5.74. The second-order valence-electron chi connectivity index (χ2n) is 5.47. The van der Waals surface area contributed by atoms with Gasteiger partial charge in [-0.2, -0.15) is 0 Å². The third kappa shape index (κ3) is 4.53. The summed E-state index contributed by atoms with van der Waals surface area (Å²) in [6.07, 6.45) is 3.47. The van der Waals surface area contributed by atoms with Crippen LogP contribution in [-0.4, -0.2) is 37.6 Å². The number of amides is 2. The molecule has 20 heavy (non-hydrogen) atoms. The van der Waals surface area contributed by atoms with Gasteiger partial charge in [0, 0.05) is 19.6 Å². The quantitative estimate of drug-likeness (QED) is 0.865. The van der Waals surface area contributed by atoms with Crippen molar-refractivity contribution in [3.8, 4) is 0 Å². The second kappa shape index (κ2) is 7.90. The van der Waals surface area contributed by atoms with Crippen molar-refractivity contribution in [2.75, 3.05) is 26.7 Å². The minimum atomic E-state index is 0.0703. The van der Waals surface area contributed by atoms with E-state index in [1.807, 2.05) is 42.3 Å². The Kier molecular flexibility index (Phi) is 5.87. The maximum absolute atomic E-state index is 12.1. The molecule has 2 rings (SSSR count). The molecule has 1 aromatic rings. The van der Waals surface area contributed by atoms with E-state index in [0.29, 0.717) is 6.54 Å². The number of hydrogen-bond donors (Lipinski definition) is 2. The molecule has 110 valence electrons. The molecular weight excluding hydrogens is 250 g/mol. The predicted octanol–water partition coefficient (Wildman–Crippen LogP) is 2.22. The molecule has 0 unspecified atom stereocenters. The van der Waals surface area contributed by atoms with Gasteiger partial charge in [-0.25, -0.2) is 4.79 Å². The Morgan fingerprint density at radius 3 is 2.60 bits per heavy atom. The van der Waals surface area contributed by atoms with Crippen LogP contribution in [0, 0.1) is 5.92 Å². The number of rotatable bonds is 5. The summed E-state index contributed by atoms with van der Waals surface area (Å²) in [6.45, 7) is 3.45. The Labute approximate surface area is 121 Å². The molecule has 1 aromatic carbocycles. The zero-order valence-corrected chi connectivity index (χ0v) is 12.3. The van der Waals surface area contributed by atoms with E-state index in [4.69, 9.17) is 0 Å². The Morgan fingerprint density at radius 2 is 1.95 bits per heavy atom. The summed E-state index contributed by atoms with van der Waals surface area (Å²) in [4.78, 5) is 14.0. The van der Waals surface area contributed by atoms with Gasteiger partial charge in [-0.05, 0) is 44.3 Å². The minimum absolute atomic E-state index is 0.0703. The summed E-state index contributed by atoms with van der Waals surface area (Å²) in [5.74, 6) is 0.764. The summed E-state index contributed by atoms with van der Waals surface area (Å²) in [5.41, 5.74) is 1.14. The van der Waals surface area contributed by atoms with E-state index >= 15 is 0 Å². The van der Waals surface area contributed by atoms with Crippen molar-refractivity contribution < 1.29 is 4.79 Å². The summed E-state index contributed by atoms with van der Waals surface area (Å²) < 4.78 is 0. The summed E-state index contributed by atoms with van der Waals surface area (Å²) in [5, 5.41) is 6.20. The van der Waals surface area contributed by atoms with Gasteiger partial charge in [-0.1, -0.05) is 30.3 Å². The SMILES string of the molecule is CNCCC1CCN(C(=O)NCc2ccccc2)CC1. The Balaban J connectivity index is 1.69. The van der Waals surface area contributed by atoms with Crippen LogP contribution in [0.15, 0.2) is 30.3 Å². The van der Waals surface area contributed by atoms with Crippen LogP contribution in [0.1, 0.15) is 24.8 Å². The van der Waals surface area contributed by atoms with Gasteiger partial charge in [-0.15, -0.1) is 0 Å². The molecule has 1 heterocycles. The largest absolute Gasteiger partial charge is 0.334 e. The fourth-order valence-electron chi connectivity index (χ4n) is 2.66. The number of piperidine rings is 1. The Bertz CT molecular complexity index is 399. The van der Waals surface area contributed by atoms with Crippen molar-refractivity contribution in [2.45, 2.75) is 25.8 Å². The summed E-state index contributed by atoms with van der Waals surface area (Å²) >= 11 is 0. The lowest BCUT2D eigenvalue weighted by Gasteiger charge is -2.32. The summed E-state index contributed by atoms with van der Waals surface area (Å²) in [7, 11) is 1.99. The monoisotopic (exact) mass is 275 g/mol. The molecule has 2 amide bonds. The van der Waals surface area contributed by atoms with Gasteiger partial charge < -0.3 is 15.5 Å². The number of urea groups is 1. The molecule has 0 bridgehead atoms. The molecule has 4 nitrogen and oxygen atoms in total. The number of carbonyl (C=O) groups is 1. The molecule has 4 heteroatoms. The van der Waals surface area contributed by atoms with Crippen LogP contribution >= 0.6 is 0 Å². The molecule has 0 aromatic heterocycles. The fourth-order valence-corrected chi connectivity index (χ4v) is 2.66. The van der Waals surface area contributed by atoms with E-state index in [2.05, 4.69) is 10.6 Å². The van der Waals surface area contributed by atoms with Crippen LogP contribution in [0.3, 0.4) is 0 Å². The fraction of sp³-hybridized carbons (Fsp3) is 0.562. The standard InChI is InChI=1S/C16H25N3O/c1-17-10-7-14-8-11-19(12-9-14)16(20)18-13-15-5-3-2-4-6-15/h2-6,14,17H,7-13H2,1H3,(H,18,20). The molecule has 0 atom stereocenters. The van der Waals surface area contributed by atoms with Gasteiger partial charge >= 0.3 is 6.03 Å². The topological polar surface area (TPSA) is 44.4 Å². The normalized spacial score (nSPS) is 16.1. The zero-order valence-electron chi connectivity index (χ0n) is 12.3. The van der Waals surface area contributed by atoms with Crippen molar-refractivity contribution in [3.05, 3.63) is 35.9 Å². The highest BCUT2D eigenvalue weighted by Crippen LogP contribution is 2.19. The molecule has 0 radical (unpaired) electrons. The molecule has 1 fully saturated rings. The van der Waals surface area contributed by atoms with Gasteiger partial charge in [-0.3, -0.25) is 0 Å². The van der Waals surface area contributed by atoms with Crippen molar-refractivity contribution >= 4 is 6.03 Å². The lowest BCUT2D eigenvalue weighted by atomic mass is 9.94. The Morgan fingerprint density at radius 1 is 1.25 bits per heavy atom. The van der Waals surface area contributed by atoms with Crippen molar-refractivity contribution in [3.63, 3.8) is 0 Å². The number of likely N-dealkylation sites (tertiary alicyclic amines) is 1. The lowest BCUT2D eigenvalue weighted by molar-refractivity contribution is 0.168. The highest BCUT2D eigenvalue weighted by Gasteiger charge is 2.21. The van der Waals surface area contributed by atoms with Crippen LogP contribution in [-0.2, 0) is 6.54 Å². The number of benzene rings is 1. The van der Waals surface area contributed by atoms with Crippen molar-refractivity contribution in [2.24, 2.45) is 5.92 Å². The molecular formula is C16H25N3O. The van der Waals surface area contributed by atoms with Crippen LogP contribution in [0.4, 0.5) is 4.79 Å². The first-order valence-corrected chi connectivity index (χ1v) is 7.51.